The Bertz CT molecular complexity index is 981. The molecule has 1 aliphatic rings. The average molecular weight is 331 g/mol. The smallest absolute Gasteiger partial charge is 0.262 e. The third-order valence-electron chi connectivity index (χ3n) is 3.48. The van der Waals surface area contributed by atoms with Crippen LogP contribution in [0.15, 0.2) is 53.7 Å². The van der Waals surface area contributed by atoms with Crippen LogP contribution in [0.4, 0.5) is 5.69 Å². The molecule has 0 fully saturated rings. The molecular weight excluding hydrogens is 318 g/mol. The van der Waals surface area contributed by atoms with E-state index in [-0.39, 0.29) is 4.90 Å². The monoisotopic (exact) mass is 331 g/mol. The fourth-order valence-corrected chi connectivity index (χ4v) is 3.45. The molecule has 1 N–H and O–H groups in total. The summed E-state index contributed by atoms with van der Waals surface area (Å²) < 4.78 is 40.1. The number of aromatic nitrogens is 2. The molecule has 0 bridgehead atoms. The van der Waals surface area contributed by atoms with E-state index >= 15 is 0 Å². The number of nitrogens with one attached hydrogen (secondary N) is 1. The van der Waals surface area contributed by atoms with E-state index in [0.717, 1.165) is 5.52 Å². The Morgan fingerprint density at radius 1 is 1.04 bits per heavy atom. The highest BCUT2D eigenvalue weighted by Crippen LogP contribution is 2.32. The van der Waals surface area contributed by atoms with Crippen molar-refractivity contribution >= 4 is 21.2 Å². The minimum absolute atomic E-state index is 0.120. The quantitative estimate of drug-likeness (QED) is 0.793. The minimum atomic E-state index is -3.71. The molecule has 0 saturated heterocycles. The van der Waals surface area contributed by atoms with E-state index in [9.17, 15) is 8.42 Å². The predicted molar refractivity (Wildman–Crippen MR) is 83.4 cm³/mol. The van der Waals surface area contributed by atoms with Crippen LogP contribution >= 0.6 is 0 Å². The lowest BCUT2D eigenvalue weighted by atomic mass is 10.3. The number of rotatable bonds is 3. The second-order valence-corrected chi connectivity index (χ2v) is 6.71. The molecule has 0 unspecified atom stereocenters. The first-order valence-corrected chi connectivity index (χ1v) is 8.46. The van der Waals surface area contributed by atoms with Crippen molar-refractivity contribution in [3.8, 4) is 11.5 Å². The number of pyridine rings is 1. The number of sulfonamides is 1. The van der Waals surface area contributed by atoms with Gasteiger partial charge in [0.25, 0.3) is 10.0 Å². The zero-order valence-electron chi connectivity index (χ0n) is 12.0. The first-order chi connectivity index (χ1) is 11.1. The van der Waals surface area contributed by atoms with Gasteiger partial charge in [0.15, 0.2) is 11.5 Å². The van der Waals surface area contributed by atoms with Gasteiger partial charge in [0.05, 0.1) is 16.1 Å². The van der Waals surface area contributed by atoms with E-state index in [4.69, 9.17) is 9.47 Å². The van der Waals surface area contributed by atoms with Crippen molar-refractivity contribution in [3.05, 3.63) is 48.8 Å². The van der Waals surface area contributed by atoms with Gasteiger partial charge < -0.3 is 9.47 Å². The van der Waals surface area contributed by atoms with E-state index in [1.807, 2.05) is 0 Å². The average Bonchev–Trinajstić information content (AvgIpc) is 3.01. The van der Waals surface area contributed by atoms with Crippen molar-refractivity contribution in [2.24, 2.45) is 0 Å². The lowest BCUT2D eigenvalue weighted by molar-refractivity contribution is 0.171. The van der Waals surface area contributed by atoms with Gasteiger partial charge in [-0.15, -0.1) is 0 Å². The van der Waals surface area contributed by atoms with E-state index in [1.54, 1.807) is 41.2 Å². The fraction of sp³-hybridized carbons (Fsp3) is 0.133. The second kappa shape index (κ2) is 5.17. The molecule has 118 valence electrons. The Morgan fingerprint density at radius 3 is 2.74 bits per heavy atom. The van der Waals surface area contributed by atoms with Crippen LogP contribution in [0, 0.1) is 0 Å². The summed E-state index contributed by atoms with van der Waals surface area (Å²) in [6.45, 7) is 0.866. The maximum absolute atomic E-state index is 12.5. The van der Waals surface area contributed by atoms with Gasteiger partial charge in [0.1, 0.15) is 13.2 Å². The van der Waals surface area contributed by atoms with Gasteiger partial charge in [-0.25, -0.2) is 12.9 Å². The van der Waals surface area contributed by atoms with Crippen LogP contribution in [0.5, 0.6) is 11.5 Å². The molecule has 1 aliphatic heterocycles. The van der Waals surface area contributed by atoms with Crippen LogP contribution in [-0.2, 0) is 10.0 Å². The number of anilines is 1. The highest BCUT2D eigenvalue weighted by molar-refractivity contribution is 7.92. The standard InChI is InChI=1S/C15H13N3O4S/c19-23(20,13-1-2-14-15(10-13)22-8-7-21-14)17-11-4-6-18-12(9-11)3-5-16-18/h1-6,9-10,17H,7-8H2. The van der Waals surface area contributed by atoms with Crippen LogP contribution in [0.2, 0.25) is 0 Å². The lowest BCUT2D eigenvalue weighted by Gasteiger charge is -2.19. The van der Waals surface area contributed by atoms with Crippen molar-refractivity contribution in [1.29, 1.82) is 0 Å². The van der Waals surface area contributed by atoms with E-state index < -0.39 is 10.0 Å². The third kappa shape index (κ3) is 2.57. The first-order valence-electron chi connectivity index (χ1n) is 6.98. The molecular formula is C15H13N3O4S. The highest BCUT2D eigenvalue weighted by Gasteiger charge is 2.19. The third-order valence-corrected chi connectivity index (χ3v) is 4.85. The van der Waals surface area contributed by atoms with Crippen molar-refractivity contribution in [2.45, 2.75) is 4.90 Å². The number of ether oxygens (including phenoxy) is 2. The topological polar surface area (TPSA) is 81.9 Å². The van der Waals surface area contributed by atoms with Crippen LogP contribution in [-0.4, -0.2) is 31.2 Å². The van der Waals surface area contributed by atoms with Gasteiger partial charge in [-0.05, 0) is 30.3 Å². The summed E-state index contributed by atoms with van der Waals surface area (Å²) >= 11 is 0. The molecule has 0 aliphatic carbocycles. The molecule has 8 heteroatoms. The van der Waals surface area contributed by atoms with E-state index in [0.29, 0.717) is 30.4 Å². The molecule has 3 aromatic rings. The Morgan fingerprint density at radius 2 is 1.87 bits per heavy atom. The van der Waals surface area contributed by atoms with Crippen molar-refractivity contribution in [1.82, 2.24) is 9.61 Å². The number of benzene rings is 1. The molecule has 0 spiro atoms. The van der Waals surface area contributed by atoms with Gasteiger partial charge in [-0.2, -0.15) is 5.10 Å². The summed E-state index contributed by atoms with van der Waals surface area (Å²) in [4.78, 5) is 0.120. The van der Waals surface area contributed by atoms with Crippen molar-refractivity contribution in [3.63, 3.8) is 0 Å². The minimum Gasteiger partial charge on any atom is -0.486 e. The van der Waals surface area contributed by atoms with E-state index in [1.165, 1.54) is 12.1 Å². The Kier molecular flexibility index (Phi) is 3.12. The maximum Gasteiger partial charge on any atom is 0.262 e. The number of hydrogen-bond acceptors (Lipinski definition) is 5. The largest absolute Gasteiger partial charge is 0.486 e. The van der Waals surface area contributed by atoms with Crippen molar-refractivity contribution < 1.29 is 17.9 Å². The van der Waals surface area contributed by atoms with Crippen LogP contribution in [0.1, 0.15) is 0 Å². The zero-order chi connectivity index (χ0) is 15.9. The molecule has 0 amide bonds. The van der Waals surface area contributed by atoms with Crippen LogP contribution in [0.3, 0.4) is 0 Å². The fourth-order valence-electron chi connectivity index (χ4n) is 2.39. The Hall–Kier alpha value is -2.74. The predicted octanol–water partition coefficient (Wildman–Crippen LogP) is 1.91. The number of fused-ring (bicyclic) bond motifs is 2. The summed E-state index contributed by atoms with van der Waals surface area (Å²) in [5, 5.41) is 4.07. The van der Waals surface area contributed by atoms with Gasteiger partial charge in [0, 0.05) is 18.5 Å². The van der Waals surface area contributed by atoms with Gasteiger partial charge in [0.2, 0.25) is 0 Å². The van der Waals surface area contributed by atoms with Gasteiger partial charge in [-0.1, -0.05) is 0 Å². The van der Waals surface area contributed by atoms with Crippen LogP contribution in [0.25, 0.3) is 5.52 Å². The van der Waals surface area contributed by atoms with Crippen LogP contribution < -0.4 is 14.2 Å². The molecule has 1 aromatic carbocycles. The normalized spacial score (nSPS) is 13.9. The molecule has 7 nitrogen and oxygen atoms in total. The summed E-state index contributed by atoms with van der Waals surface area (Å²) in [5.41, 5.74) is 1.26. The Labute approximate surface area is 132 Å². The molecule has 4 rings (SSSR count). The molecule has 23 heavy (non-hydrogen) atoms. The number of hydrogen-bond donors (Lipinski definition) is 1. The highest BCUT2D eigenvalue weighted by atomic mass is 32.2. The summed E-state index contributed by atoms with van der Waals surface area (Å²) in [6.07, 6.45) is 3.34. The molecule has 3 heterocycles. The summed E-state index contributed by atoms with van der Waals surface area (Å²) in [7, 11) is -3.71. The molecule has 0 saturated carbocycles. The molecule has 2 aromatic heterocycles. The SMILES string of the molecule is O=S(=O)(Nc1ccn2nccc2c1)c1ccc2c(c1)OCCO2. The second-order valence-electron chi connectivity index (χ2n) is 5.03. The molecule has 0 atom stereocenters. The zero-order valence-corrected chi connectivity index (χ0v) is 12.8. The van der Waals surface area contributed by atoms with Gasteiger partial charge >= 0.3 is 0 Å². The summed E-state index contributed by atoms with van der Waals surface area (Å²) in [6, 6.07) is 9.71. The number of nitrogens with zero attached hydrogens (tertiary/aromatic N) is 2. The summed E-state index contributed by atoms with van der Waals surface area (Å²) in [5.74, 6) is 0.987. The first kappa shape index (κ1) is 13.9. The van der Waals surface area contributed by atoms with Crippen molar-refractivity contribution in [2.75, 3.05) is 17.9 Å². The van der Waals surface area contributed by atoms with E-state index in [2.05, 4.69) is 9.82 Å². The maximum atomic E-state index is 12.5. The van der Waals surface area contributed by atoms with Gasteiger partial charge in [-0.3, -0.25) is 4.72 Å². The lowest BCUT2D eigenvalue weighted by Crippen LogP contribution is -2.17. The molecule has 0 radical (unpaired) electrons. The Balaban J connectivity index is 1.66.